The Morgan fingerprint density at radius 3 is 2.15 bits per heavy atom. The average molecular weight is 355 g/mol. The fourth-order valence-corrected chi connectivity index (χ4v) is 2.06. The highest BCUT2D eigenvalue weighted by molar-refractivity contribution is 6.35. The van der Waals surface area contributed by atoms with Crippen molar-refractivity contribution >= 4 is 46.4 Å². The molecule has 20 heavy (non-hydrogen) atoms. The molecule has 0 bridgehead atoms. The summed E-state index contributed by atoms with van der Waals surface area (Å²) in [4.78, 5) is 11.1. The van der Waals surface area contributed by atoms with E-state index in [-0.39, 0.29) is 29.8 Å². The molecule has 106 valence electrons. The lowest BCUT2D eigenvalue weighted by molar-refractivity contribution is 0.206. The van der Waals surface area contributed by atoms with Crippen molar-refractivity contribution in [2.45, 2.75) is 0 Å². The summed E-state index contributed by atoms with van der Waals surface area (Å²) >= 11 is 22.9. The van der Waals surface area contributed by atoms with Gasteiger partial charge >= 0.3 is 6.01 Å². The minimum absolute atomic E-state index is 0.0285. The number of benzene rings is 1. The Kier molecular flexibility index (Phi) is 5.48. The Bertz CT molecular complexity index is 592. The Labute approximate surface area is 134 Å². The topological polar surface area (TPSA) is 57.1 Å². The molecule has 0 radical (unpaired) electrons. The molecule has 1 heterocycles. The van der Waals surface area contributed by atoms with Crippen LogP contribution in [0.15, 0.2) is 18.2 Å². The standard InChI is InChI=1S/C11H7Cl4N3O2/c12-6-1-2-8(7(13)5-6)19-3-4-20-11-17-9(14)16-10(15)18-11/h1-2,5H,3-4H2. The van der Waals surface area contributed by atoms with Crippen LogP contribution in [0, 0.1) is 0 Å². The average Bonchev–Trinajstić information content (AvgIpc) is 2.35. The zero-order chi connectivity index (χ0) is 14.5. The monoisotopic (exact) mass is 353 g/mol. The molecule has 0 unspecified atom stereocenters. The van der Waals surface area contributed by atoms with E-state index in [1.54, 1.807) is 18.2 Å². The first-order valence-electron chi connectivity index (χ1n) is 5.32. The molecule has 0 aliphatic rings. The maximum atomic E-state index is 5.95. The summed E-state index contributed by atoms with van der Waals surface area (Å²) in [6.07, 6.45) is 0. The molecule has 0 spiro atoms. The van der Waals surface area contributed by atoms with Crippen LogP contribution in [-0.2, 0) is 0 Å². The van der Waals surface area contributed by atoms with Crippen LogP contribution < -0.4 is 9.47 Å². The summed E-state index contributed by atoms with van der Waals surface area (Å²) in [5.74, 6) is 0.506. The minimum Gasteiger partial charge on any atom is -0.488 e. The summed E-state index contributed by atoms with van der Waals surface area (Å²) in [6.45, 7) is 0.428. The highest BCUT2D eigenvalue weighted by atomic mass is 35.5. The number of hydrogen-bond donors (Lipinski definition) is 0. The van der Waals surface area contributed by atoms with Crippen LogP contribution in [0.3, 0.4) is 0 Å². The van der Waals surface area contributed by atoms with E-state index in [1.165, 1.54) is 0 Å². The molecule has 0 saturated carbocycles. The van der Waals surface area contributed by atoms with Crippen molar-refractivity contribution < 1.29 is 9.47 Å². The van der Waals surface area contributed by atoms with Crippen LogP contribution in [0.5, 0.6) is 11.8 Å². The van der Waals surface area contributed by atoms with Gasteiger partial charge in [0.2, 0.25) is 10.6 Å². The van der Waals surface area contributed by atoms with Gasteiger partial charge in [0.05, 0.1) is 5.02 Å². The van der Waals surface area contributed by atoms with E-state index in [1.807, 2.05) is 0 Å². The van der Waals surface area contributed by atoms with E-state index in [9.17, 15) is 0 Å². The van der Waals surface area contributed by atoms with Gasteiger partial charge in [-0.1, -0.05) is 23.2 Å². The third-order valence-corrected chi connectivity index (χ3v) is 2.89. The molecule has 0 atom stereocenters. The molecule has 9 heteroatoms. The fraction of sp³-hybridized carbons (Fsp3) is 0.182. The van der Waals surface area contributed by atoms with Crippen LogP contribution in [0.2, 0.25) is 20.6 Å². The third kappa shape index (κ3) is 4.52. The van der Waals surface area contributed by atoms with Gasteiger partial charge in [0.25, 0.3) is 0 Å². The van der Waals surface area contributed by atoms with E-state index in [0.717, 1.165) is 0 Å². The number of rotatable bonds is 5. The second-order valence-corrected chi connectivity index (χ2v) is 4.95. The predicted molar refractivity (Wildman–Crippen MR) is 77.3 cm³/mol. The molecule has 0 amide bonds. The largest absolute Gasteiger partial charge is 0.488 e. The van der Waals surface area contributed by atoms with E-state index >= 15 is 0 Å². The van der Waals surface area contributed by atoms with Gasteiger partial charge in [0, 0.05) is 5.02 Å². The second kappa shape index (κ2) is 7.13. The summed E-state index contributed by atoms with van der Waals surface area (Å²) < 4.78 is 10.6. The lowest BCUT2D eigenvalue weighted by atomic mass is 10.3. The first kappa shape index (κ1) is 15.4. The maximum absolute atomic E-state index is 5.95. The molecule has 0 N–H and O–H groups in total. The molecule has 0 aliphatic heterocycles. The molecule has 1 aromatic heterocycles. The molecule has 0 aliphatic carbocycles. The number of halogens is 4. The van der Waals surface area contributed by atoms with E-state index in [2.05, 4.69) is 15.0 Å². The summed E-state index contributed by atoms with van der Waals surface area (Å²) in [5.41, 5.74) is 0. The second-order valence-electron chi connectivity index (χ2n) is 3.43. The van der Waals surface area contributed by atoms with E-state index < -0.39 is 0 Å². The number of hydrogen-bond acceptors (Lipinski definition) is 5. The van der Waals surface area contributed by atoms with Crippen LogP contribution in [0.25, 0.3) is 0 Å². The molecule has 0 saturated heterocycles. The molecule has 2 aromatic rings. The van der Waals surface area contributed by atoms with Crippen molar-refractivity contribution in [2.24, 2.45) is 0 Å². The highest BCUT2D eigenvalue weighted by Crippen LogP contribution is 2.27. The minimum atomic E-state index is -0.0401. The van der Waals surface area contributed by atoms with Crippen LogP contribution in [0.1, 0.15) is 0 Å². The van der Waals surface area contributed by atoms with Gasteiger partial charge < -0.3 is 9.47 Å². The van der Waals surface area contributed by atoms with Crippen molar-refractivity contribution in [3.05, 3.63) is 38.8 Å². The molecular weight excluding hydrogens is 348 g/mol. The smallest absolute Gasteiger partial charge is 0.322 e. The van der Waals surface area contributed by atoms with Crippen molar-refractivity contribution in [3.8, 4) is 11.8 Å². The van der Waals surface area contributed by atoms with Crippen LogP contribution in [-0.4, -0.2) is 28.2 Å². The SMILES string of the molecule is Clc1ccc(OCCOc2nc(Cl)nc(Cl)n2)c(Cl)c1. The van der Waals surface area contributed by atoms with Gasteiger partial charge in [-0.25, -0.2) is 0 Å². The highest BCUT2D eigenvalue weighted by Gasteiger charge is 2.05. The molecule has 0 fully saturated rings. The first-order valence-corrected chi connectivity index (χ1v) is 6.83. The van der Waals surface area contributed by atoms with E-state index in [4.69, 9.17) is 55.9 Å². The Morgan fingerprint density at radius 1 is 0.850 bits per heavy atom. The summed E-state index contributed by atoms with van der Waals surface area (Å²) in [7, 11) is 0. The first-order chi connectivity index (χ1) is 9.54. The van der Waals surface area contributed by atoms with E-state index in [0.29, 0.717) is 15.8 Å². The Morgan fingerprint density at radius 2 is 1.50 bits per heavy atom. The van der Waals surface area contributed by atoms with Gasteiger partial charge in [-0.15, -0.1) is 0 Å². The zero-order valence-corrected chi connectivity index (χ0v) is 12.8. The van der Waals surface area contributed by atoms with Crippen LogP contribution >= 0.6 is 46.4 Å². The number of ether oxygens (including phenoxy) is 2. The third-order valence-electron chi connectivity index (χ3n) is 2.03. The fourth-order valence-electron chi connectivity index (χ4n) is 1.25. The van der Waals surface area contributed by atoms with Crippen molar-refractivity contribution in [2.75, 3.05) is 13.2 Å². The summed E-state index contributed by atoms with van der Waals surface area (Å²) in [5, 5.41) is 0.875. The van der Waals surface area contributed by atoms with Gasteiger partial charge in [0.1, 0.15) is 19.0 Å². The normalized spacial score (nSPS) is 10.4. The molecule has 1 aromatic carbocycles. The summed E-state index contributed by atoms with van der Waals surface area (Å²) in [6, 6.07) is 4.96. The number of nitrogens with zero attached hydrogens (tertiary/aromatic N) is 3. The number of aromatic nitrogens is 3. The van der Waals surface area contributed by atoms with Crippen molar-refractivity contribution in [1.82, 2.24) is 15.0 Å². The predicted octanol–water partition coefficient (Wildman–Crippen LogP) is 3.94. The van der Waals surface area contributed by atoms with Crippen molar-refractivity contribution in [1.29, 1.82) is 0 Å². The Hall–Kier alpha value is -1.01. The molecular formula is C11H7Cl4N3O2. The zero-order valence-electron chi connectivity index (χ0n) is 9.82. The van der Waals surface area contributed by atoms with Crippen LogP contribution in [0.4, 0.5) is 0 Å². The van der Waals surface area contributed by atoms with Gasteiger partial charge in [-0.05, 0) is 41.4 Å². The lowest BCUT2D eigenvalue weighted by Gasteiger charge is -2.08. The van der Waals surface area contributed by atoms with Gasteiger partial charge in [0.15, 0.2) is 0 Å². The quantitative estimate of drug-likeness (QED) is 0.761. The van der Waals surface area contributed by atoms with Crippen molar-refractivity contribution in [3.63, 3.8) is 0 Å². The maximum Gasteiger partial charge on any atom is 0.322 e. The van der Waals surface area contributed by atoms with Gasteiger partial charge in [-0.2, -0.15) is 15.0 Å². The lowest BCUT2D eigenvalue weighted by Crippen LogP contribution is -2.11. The van der Waals surface area contributed by atoms with Gasteiger partial charge in [-0.3, -0.25) is 0 Å². The molecule has 2 rings (SSSR count). The molecule has 5 nitrogen and oxygen atoms in total. The Balaban J connectivity index is 1.84.